The van der Waals surface area contributed by atoms with Gasteiger partial charge in [-0.1, -0.05) is 12.1 Å². The van der Waals surface area contributed by atoms with Crippen LogP contribution in [0.4, 0.5) is 13.2 Å². The van der Waals surface area contributed by atoms with Crippen LogP contribution in [0, 0.1) is 11.7 Å². The SMILES string of the molecule is COc1nc(C(=O)N2CC[C@]3(c4cccc(F)c4)OCO[C@@H]3C2)ccc1OCCC1CC(F)(F)C1. The van der Waals surface area contributed by atoms with Crippen LogP contribution < -0.4 is 9.47 Å². The minimum atomic E-state index is -2.55. The molecule has 2 aromatic rings. The van der Waals surface area contributed by atoms with Crippen molar-refractivity contribution in [3.05, 3.63) is 53.5 Å². The number of alkyl halides is 2. The summed E-state index contributed by atoms with van der Waals surface area (Å²) >= 11 is 0. The molecule has 2 aliphatic heterocycles. The van der Waals surface area contributed by atoms with E-state index in [2.05, 4.69) is 4.98 Å². The molecule has 1 amide bonds. The summed E-state index contributed by atoms with van der Waals surface area (Å²) in [5.41, 5.74) is 0.0792. The minimum Gasteiger partial charge on any atom is -0.488 e. The molecule has 2 atom stereocenters. The molecule has 0 bridgehead atoms. The Kier molecular flexibility index (Phi) is 6.35. The number of amides is 1. The Morgan fingerprint density at radius 1 is 1.26 bits per heavy atom. The summed E-state index contributed by atoms with van der Waals surface area (Å²) in [6.07, 6.45) is 0.316. The van der Waals surface area contributed by atoms with Crippen LogP contribution in [0.25, 0.3) is 0 Å². The molecular formula is C25H27F3N2O5. The number of likely N-dealkylation sites (tertiary alicyclic amines) is 1. The molecule has 3 aliphatic rings. The van der Waals surface area contributed by atoms with Gasteiger partial charge in [0, 0.05) is 25.8 Å². The summed E-state index contributed by atoms with van der Waals surface area (Å²) in [5.74, 6) is -2.74. The molecule has 188 valence electrons. The van der Waals surface area contributed by atoms with E-state index in [-0.39, 0.29) is 62.0 Å². The second kappa shape index (κ2) is 9.31. The van der Waals surface area contributed by atoms with Crippen molar-refractivity contribution in [3.8, 4) is 11.6 Å². The van der Waals surface area contributed by atoms with Crippen molar-refractivity contribution in [2.75, 3.05) is 33.6 Å². The second-order valence-corrected chi connectivity index (χ2v) is 9.29. The zero-order valence-corrected chi connectivity index (χ0v) is 19.3. The highest BCUT2D eigenvalue weighted by Gasteiger charge is 2.51. The Labute approximate surface area is 201 Å². The maximum atomic E-state index is 13.9. The second-order valence-electron chi connectivity index (χ2n) is 9.29. The Balaban J connectivity index is 1.23. The number of hydrogen-bond donors (Lipinski definition) is 0. The fraction of sp³-hybridized carbons (Fsp3) is 0.520. The van der Waals surface area contributed by atoms with Crippen LogP contribution in [0.15, 0.2) is 36.4 Å². The Morgan fingerprint density at radius 2 is 2.09 bits per heavy atom. The van der Waals surface area contributed by atoms with Gasteiger partial charge in [-0.3, -0.25) is 4.79 Å². The lowest BCUT2D eigenvalue weighted by molar-refractivity contribution is -0.113. The predicted molar refractivity (Wildman–Crippen MR) is 118 cm³/mol. The summed E-state index contributed by atoms with van der Waals surface area (Å²) in [5, 5.41) is 0. The third-order valence-corrected chi connectivity index (χ3v) is 7.04. The van der Waals surface area contributed by atoms with Gasteiger partial charge in [0.2, 0.25) is 5.92 Å². The predicted octanol–water partition coefficient (Wildman–Crippen LogP) is 4.16. The summed E-state index contributed by atoms with van der Waals surface area (Å²) in [6, 6.07) is 9.42. The highest BCUT2D eigenvalue weighted by atomic mass is 19.3. The molecule has 35 heavy (non-hydrogen) atoms. The molecule has 1 saturated carbocycles. The maximum Gasteiger partial charge on any atom is 0.272 e. The van der Waals surface area contributed by atoms with Crippen molar-refractivity contribution in [1.29, 1.82) is 0 Å². The fourth-order valence-corrected chi connectivity index (χ4v) is 5.11. The molecule has 0 radical (unpaired) electrons. The number of aromatic nitrogens is 1. The van der Waals surface area contributed by atoms with Gasteiger partial charge in [0.05, 0.1) is 20.3 Å². The van der Waals surface area contributed by atoms with E-state index in [9.17, 15) is 18.0 Å². The minimum absolute atomic E-state index is 0.0507. The molecule has 0 unspecified atom stereocenters. The average molecular weight is 492 g/mol. The van der Waals surface area contributed by atoms with Crippen molar-refractivity contribution in [3.63, 3.8) is 0 Å². The Morgan fingerprint density at radius 3 is 2.83 bits per heavy atom. The number of methoxy groups -OCH3 is 1. The van der Waals surface area contributed by atoms with Crippen LogP contribution in [-0.4, -0.2) is 61.4 Å². The van der Waals surface area contributed by atoms with Crippen LogP contribution in [0.1, 0.15) is 41.7 Å². The topological polar surface area (TPSA) is 70.1 Å². The van der Waals surface area contributed by atoms with Gasteiger partial charge in [0.25, 0.3) is 11.8 Å². The number of ether oxygens (including phenoxy) is 4. The number of rotatable bonds is 7. The van der Waals surface area contributed by atoms with Crippen LogP contribution in [0.3, 0.4) is 0 Å². The Bertz CT molecular complexity index is 1090. The van der Waals surface area contributed by atoms with E-state index in [4.69, 9.17) is 18.9 Å². The zero-order chi connectivity index (χ0) is 24.6. The van der Waals surface area contributed by atoms with E-state index in [1.54, 1.807) is 23.1 Å². The number of pyridine rings is 1. The van der Waals surface area contributed by atoms with E-state index in [0.29, 0.717) is 30.7 Å². The smallest absolute Gasteiger partial charge is 0.272 e. The van der Waals surface area contributed by atoms with Crippen LogP contribution in [-0.2, 0) is 15.1 Å². The van der Waals surface area contributed by atoms with Crippen molar-refractivity contribution < 1.29 is 36.9 Å². The van der Waals surface area contributed by atoms with Gasteiger partial charge in [-0.15, -0.1) is 0 Å². The van der Waals surface area contributed by atoms with Gasteiger partial charge in [0.15, 0.2) is 5.75 Å². The number of halogens is 3. The normalized spacial score (nSPS) is 25.6. The first-order chi connectivity index (χ1) is 16.8. The molecule has 3 fully saturated rings. The molecule has 7 nitrogen and oxygen atoms in total. The lowest BCUT2D eigenvalue weighted by Gasteiger charge is -2.41. The highest BCUT2D eigenvalue weighted by molar-refractivity contribution is 5.92. The lowest BCUT2D eigenvalue weighted by atomic mass is 9.79. The van der Waals surface area contributed by atoms with Crippen LogP contribution in [0.5, 0.6) is 11.6 Å². The first-order valence-electron chi connectivity index (χ1n) is 11.7. The molecule has 0 N–H and O–H groups in total. The van der Waals surface area contributed by atoms with Gasteiger partial charge >= 0.3 is 0 Å². The van der Waals surface area contributed by atoms with Gasteiger partial charge in [-0.2, -0.15) is 0 Å². The number of nitrogens with zero attached hydrogens (tertiary/aromatic N) is 2. The van der Waals surface area contributed by atoms with E-state index < -0.39 is 17.6 Å². The van der Waals surface area contributed by atoms with Crippen molar-refractivity contribution in [1.82, 2.24) is 9.88 Å². The monoisotopic (exact) mass is 492 g/mol. The lowest BCUT2D eigenvalue weighted by Crippen LogP contribution is -2.53. The standard InChI is InChI=1S/C25H27F3N2O5/c1-32-22-20(33-10-7-16-12-24(27,28)13-16)6-5-19(29-22)23(31)30-9-8-25(21(14-30)34-15-35-25)17-3-2-4-18(26)11-17/h2-6,11,16,21H,7-10,12-15H2,1H3/t21-,25-/m1/s1. The molecular weight excluding hydrogens is 465 g/mol. The average Bonchev–Trinajstić information content (AvgIpc) is 3.27. The van der Waals surface area contributed by atoms with Gasteiger partial charge in [0.1, 0.15) is 30.0 Å². The molecule has 5 rings (SSSR count). The molecule has 2 saturated heterocycles. The summed E-state index contributed by atoms with van der Waals surface area (Å²) in [6.45, 7) is 0.978. The first kappa shape index (κ1) is 23.9. The number of benzene rings is 1. The number of carbonyl (C=O) groups is 1. The maximum absolute atomic E-state index is 13.9. The summed E-state index contributed by atoms with van der Waals surface area (Å²) in [7, 11) is 1.42. The first-order valence-corrected chi connectivity index (χ1v) is 11.7. The zero-order valence-electron chi connectivity index (χ0n) is 19.3. The number of hydrogen-bond acceptors (Lipinski definition) is 6. The third kappa shape index (κ3) is 4.69. The third-order valence-electron chi connectivity index (χ3n) is 7.04. The van der Waals surface area contributed by atoms with E-state index >= 15 is 0 Å². The largest absolute Gasteiger partial charge is 0.488 e. The van der Waals surface area contributed by atoms with Crippen molar-refractivity contribution in [2.24, 2.45) is 5.92 Å². The van der Waals surface area contributed by atoms with Crippen molar-refractivity contribution in [2.45, 2.75) is 43.3 Å². The van der Waals surface area contributed by atoms with Crippen LogP contribution >= 0.6 is 0 Å². The molecule has 1 aromatic heterocycles. The molecule has 3 heterocycles. The Hall–Kier alpha value is -2.85. The summed E-state index contributed by atoms with van der Waals surface area (Å²) < 4.78 is 62.5. The molecule has 10 heteroatoms. The number of carbonyl (C=O) groups excluding carboxylic acids is 1. The fourth-order valence-electron chi connectivity index (χ4n) is 5.11. The van der Waals surface area contributed by atoms with Gasteiger partial charge in [-0.05, 0) is 42.2 Å². The van der Waals surface area contributed by atoms with Gasteiger partial charge < -0.3 is 23.8 Å². The molecule has 1 aliphatic carbocycles. The molecule has 1 aromatic carbocycles. The summed E-state index contributed by atoms with van der Waals surface area (Å²) in [4.78, 5) is 19.2. The highest BCUT2D eigenvalue weighted by Crippen LogP contribution is 2.44. The molecule has 0 spiro atoms. The van der Waals surface area contributed by atoms with Gasteiger partial charge in [-0.25, -0.2) is 18.2 Å². The van der Waals surface area contributed by atoms with Crippen LogP contribution in [0.2, 0.25) is 0 Å². The van der Waals surface area contributed by atoms with Crippen molar-refractivity contribution >= 4 is 5.91 Å². The van der Waals surface area contributed by atoms with E-state index in [1.807, 2.05) is 6.07 Å². The number of fused-ring (bicyclic) bond motifs is 1. The quantitative estimate of drug-likeness (QED) is 0.578. The number of piperidine rings is 1. The van der Waals surface area contributed by atoms with E-state index in [1.165, 1.54) is 19.2 Å². The van der Waals surface area contributed by atoms with E-state index in [0.717, 1.165) is 0 Å².